The van der Waals surface area contributed by atoms with Crippen LogP contribution in [-0.4, -0.2) is 0 Å². The monoisotopic (exact) mass is 804 g/mol. The van der Waals surface area contributed by atoms with Gasteiger partial charge in [0.2, 0.25) is 0 Å². The van der Waals surface area contributed by atoms with E-state index in [0.717, 1.165) is 12.8 Å². The molecular weight excluding hydrogens is 749 g/mol. The van der Waals surface area contributed by atoms with Gasteiger partial charge in [0.25, 0.3) is 0 Å². The van der Waals surface area contributed by atoms with Gasteiger partial charge in [0.05, 0.1) is 22.7 Å². The topological polar surface area (TPSA) is 6.48 Å². The first-order valence-corrected chi connectivity index (χ1v) is 22.5. The van der Waals surface area contributed by atoms with Crippen molar-refractivity contribution in [1.29, 1.82) is 0 Å². The molecule has 0 aliphatic rings. The summed E-state index contributed by atoms with van der Waals surface area (Å²) in [5.74, 6) is 0. The first-order valence-electron chi connectivity index (χ1n) is 22.5. The van der Waals surface area contributed by atoms with Crippen molar-refractivity contribution in [3.05, 3.63) is 192 Å². The highest BCUT2D eigenvalue weighted by Gasteiger charge is 2.27. The molecule has 0 bridgehead atoms. The third-order valence-electron chi connectivity index (χ3n) is 13.2. The predicted molar refractivity (Wildman–Crippen MR) is 271 cm³/mol. The van der Waals surface area contributed by atoms with Crippen LogP contribution in [0.5, 0.6) is 0 Å². The van der Waals surface area contributed by atoms with Crippen molar-refractivity contribution in [3.63, 3.8) is 0 Å². The molecule has 2 nitrogen and oxygen atoms in total. The van der Waals surface area contributed by atoms with Crippen molar-refractivity contribution in [2.75, 3.05) is 9.80 Å². The number of benzene rings is 10. The smallest absolute Gasteiger partial charge is 0.0543 e. The molecule has 10 aromatic carbocycles. The minimum Gasteiger partial charge on any atom is -0.309 e. The standard InChI is InChI=1S/C60H56N2/c1-9-39-35-55(61(45-25-17-23-43(37-45)59(3,4)5)53-29-15-21-41-19-11-13-27-47(41)53)51-34-32-50-40(10-2)36-56(52-33-31-49(39)57(51)58(50)52)62(46-26-18-24-44(38-46)60(6,7)8)54-30-16-22-42-20-12-14-28-48(42)54/h11-38H,9-10H2,1-8H3. The van der Waals surface area contributed by atoms with Gasteiger partial charge in [-0.2, -0.15) is 0 Å². The number of hydrogen-bond donors (Lipinski definition) is 0. The molecular formula is C60H56N2. The van der Waals surface area contributed by atoms with Gasteiger partial charge in [0, 0.05) is 32.9 Å². The van der Waals surface area contributed by atoms with Gasteiger partial charge in [-0.15, -0.1) is 0 Å². The molecule has 0 radical (unpaired) electrons. The number of fused-ring (bicyclic) bond motifs is 2. The zero-order valence-electron chi connectivity index (χ0n) is 37.5. The minimum absolute atomic E-state index is 0.00697. The van der Waals surface area contributed by atoms with Gasteiger partial charge < -0.3 is 9.80 Å². The van der Waals surface area contributed by atoms with E-state index in [1.165, 1.54) is 110 Å². The maximum absolute atomic E-state index is 2.55. The van der Waals surface area contributed by atoms with Gasteiger partial charge in [0.1, 0.15) is 0 Å². The highest BCUT2D eigenvalue weighted by Crippen LogP contribution is 2.51. The van der Waals surface area contributed by atoms with E-state index in [4.69, 9.17) is 0 Å². The highest BCUT2D eigenvalue weighted by molar-refractivity contribution is 6.29. The molecule has 2 heteroatoms. The maximum Gasteiger partial charge on any atom is 0.0543 e. The number of anilines is 6. The fourth-order valence-corrected chi connectivity index (χ4v) is 9.90. The van der Waals surface area contributed by atoms with Crippen LogP contribution in [0.3, 0.4) is 0 Å². The number of aryl methyl sites for hydroxylation is 2. The number of hydrogen-bond acceptors (Lipinski definition) is 2. The first kappa shape index (κ1) is 39.5. The lowest BCUT2D eigenvalue weighted by atomic mass is 9.85. The molecule has 62 heavy (non-hydrogen) atoms. The van der Waals surface area contributed by atoms with Gasteiger partial charge >= 0.3 is 0 Å². The van der Waals surface area contributed by atoms with Crippen LogP contribution in [0, 0.1) is 0 Å². The van der Waals surface area contributed by atoms with Crippen molar-refractivity contribution < 1.29 is 0 Å². The summed E-state index contributed by atoms with van der Waals surface area (Å²) >= 11 is 0. The van der Waals surface area contributed by atoms with Crippen LogP contribution >= 0.6 is 0 Å². The van der Waals surface area contributed by atoms with Crippen LogP contribution in [0.2, 0.25) is 0 Å². The van der Waals surface area contributed by atoms with Gasteiger partial charge in [-0.05, 0) is 127 Å². The molecule has 0 aliphatic heterocycles. The quantitative estimate of drug-likeness (QED) is 0.141. The van der Waals surface area contributed by atoms with Crippen molar-refractivity contribution in [1.82, 2.24) is 0 Å². The molecule has 306 valence electrons. The van der Waals surface area contributed by atoms with Crippen LogP contribution < -0.4 is 9.80 Å². The minimum atomic E-state index is -0.00697. The van der Waals surface area contributed by atoms with Gasteiger partial charge in [-0.1, -0.05) is 177 Å². The number of nitrogens with zero attached hydrogens (tertiary/aromatic N) is 2. The average molecular weight is 805 g/mol. The molecule has 0 amide bonds. The summed E-state index contributed by atoms with van der Waals surface area (Å²) in [6.07, 6.45) is 1.84. The lowest BCUT2D eigenvalue weighted by Crippen LogP contribution is -2.16. The molecule has 0 saturated carbocycles. The van der Waals surface area contributed by atoms with Crippen LogP contribution in [0.25, 0.3) is 53.9 Å². The summed E-state index contributed by atoms with van der Waals surface area (Å²) in [7, 11) is 0. The van der Waals surface area contributed by atoms with Gasteiger partial charge in [-0.25, -0.2) is 0 Å². The Balaban J connectivity index is 1.33. The Bertz CT molecular complexity index is 3070. The molecule has 0 heterocycles. The van der Waals surface area contributed by atoms with Crippen molar-refractivity contribution in [3.8, 4) is 0 Å². The molecule has 0 aliphatic carbocycles. The predicted octanol–water partition coefficient (Wildman–Crippen LogP) is 17.5. The van der Waals surface area contributed by atoms with E-state index < -0.39 is 0 Å². The van der Waals surface area contributed by atoms with Crippen LogP contribution in [0.4, 0.5) is 34.1 Å². The third kappa shape index (κ3) is 6.56. The van der Waals surface area contributed by atoms with E-state index in [9.17, 15) is 0 Å². The second-order valence-electron chi connectivity index (χ2n) is 19.2. The lowest BCUT2D eigenvalue weighted by Gasteiger charge is -2.32. The molecule has 0 fully saturated rings. The molecule has 0 aromatic heterocycles. The average Bonchev–Trinajstić information content (AvgIpc) is 3.28. The lowest BCUT2D eigenvalue weighted by molar-refractivity contribution is 0.590. The van der Waals surface area contributed by atoms with Gasteiger partial charge in [0.15, 0.2) is 0 Å². The Morgan fingerprint density at radius 1 is 0.339 bits per heavy atom. The van der Waals surface area contributed by atoms with E-state index >= 15 is 0 Å². The number of rotatable bonds is 8. The Morgan fingerprint density at radius 3 is 1.11 bits per heavy atom. The SMILES string of the molecule is CCc1cc(N(c2cccc(C(C)(C)C)c2)c2cccc3ccccc23)c2ccc3c(CC)cc(N(c4cccc(C(C)(C)C)c4)c4cccc5ccccc45)c4ccc1c2c34. The molecule has 0 spiro atoms. The van der Waals surface area contributed by atoms with E-state index in [-0.39, 0.29) is 10.8 Å². The van der Waals surface area contributed by atoms with Crippen LogP contribution in [0.1, 0.15) is 77.6 Å². The Labute approximate surface area is 367 Å². The third-order valence-corrected chi connectivity index (χ3v) is 13.2. The summed E-state index contributed by atoms with van der Waals surface area (Å²) < 4.78 is 0. The molecule has 0 saturated heterocycles. The van der Waals surface area contributed by atoms with E-state index in [1.807, 2.05) is 0 Å². The zero-order chi connectivity index (χ0) is 42.9. The summed E-state index contributed by atoms with van der Waals surface area (Å²) in [5.41, 5.74) is 12.4. The zero-order valence-corrected chi connectivity index (χ0v) is 37.5. The fraction of sp³-hybridized carbons (Fsp3) is 0.200. The summed E-state index contributed by atoms with van der Waals surface area (Å²) in [4.78, 5) is 5.09. The molecule has 0 N–H and O–H groups in total. The Morgan fingerprint density at radius 2 is 0.710 bits per heavy atom. The Hall–Kier alpha value is -6.64. The molecule has 0 atom stereocenters. The first-order chi connectivity index (χ1) is 29.9. The molecule has 0 unspecified atom stereocenters. The summed E-state index contributed by atoms with van der Waals surface area (Å²) in [6, 6.07) is 64.2. The summed E-state index contributed by atoms with van der Waals surface area (Å²) in [6.45, 7) is 18.5. The second-order valence-corrected chi connectivity index (χ2v) is 19.2. The van der Waals surface area contributed by atoms with E-state index in [0.29, 0.717) is 0 Å². The van der Waals surface area contributed by atoms with E-state index in [2.05, 4.69) is 235 Å². The maximum atomic E-state index is 2.55. The fourth-order valence-electron chi connectivity index (χ4n) is 9.90. The van der Waals surface area contributed by atoms with Crippen molar-refractivity contribution >= 4 is 88.0 Å². The Kier molecular flexibility index (Phi) is 9.60. The van der Waals surface area contributed by atoms with Crippen LogP contribution in [-0.2, 0) is 23.7 Å². The van der Waals surface area contributed by atoms with Crippen LogP contribution in [0.15, 0.2) is 170 Å². The second kappa shape index (κ2) is 15.1. The van der Waals surface area contributed by atoms with Crippen molar-refractivity contribution in [2.24, 2.45) is 0 Å². The molecule has 10 aromatic rings. The largest absolute Gasteiger partial charge is 0.309 e. The van der Waals surface area contributed by atoms with Gasteiger partial charge in [-0.3, -0.25) is 0 Å². The molecule has 10 rings (SSSR count). The van der Waals surface area contributed by atoms with E-state index in [1.54, 1.807) is 0 Å². The highest BCUT2D eigenvalue weighted by atomic mass is 15.2. The van der Waals surface area contributed by atoms with Crippen molar-refractivity contribution in [2.45, 2.75) is 79.1 Å². The normalized spacial score (nSPS) is 12.3. The summed E-state index contributed by atoms with van der Waals surface area (Å²) in [5, 5.41) is 12.8.